The van der Waals surface area contributed by atoms with E-state index in [-0.39, 0.29) is 23.5 Å². The van der Waals surface area contributed by atoms with Crippen molar-refractivity contribution in [2.24, 2.45) is 0 Å². The number of anilines is 1. The van der Waals surface area contributed by atoms with E-state index in [0.717, 1.165) is 29.2 Å². The number of hydrogen-bond donors (Lipinski definition) is 0. The molecule has 3 rings (SSSR count). The van der Waals surface area contributed by atoms with E-state index < -0.39 is 42.1 Å². The second-order valence-corrected chi connectivity index (χ2v) is 6.35. The van der Waals surface area contributed by atoms with E-state index >= 15 is 0 Å². The van der Waals surface area contributed by atoms with Crippen molar-refractivity contribution in [3.8, 4) is 5.75 Å². The Morgan fingerprint density at radius 1 is 0.966 bits per heavy atom. The first-order chi connectivity index (χ1) is 13.5. The minimum atomic E-state index is -4.54. The zero-order valence-corrected chi connectivity index (χ0v) is 14.6. The van der Waals surface area contributed by atoms with Crippen molar-refractivity contribution in [1.82, 2.24) is 0 Å². The van der Waals surface area contributed by atoms with Gasteiger partial charge in [0.05, 0.1) is 11.5 Å². The third-order valence-electron chi connectivity index (χ3n) is 4.31. The first-order valence-corrected chi connectivity index (χ1v) is 8.28. The van der Waals surface area contributed by atoms with Gasteiger partial charge in [0, 0.05) is 12.2 Å². The number of ketones is 1. The molecule has 4 nitrogen and oxygen atoms in total. The molecule has 0 bridgehead atoms. The summed E-state index contributed by atoms with van der Waals surface area (Å²) in [6.45, 7) is -1.66. The Kier molecular flexibility index (Phi) is 5.29. The van der Waals surface area contributed by atoms with Gasteiger partial charge in [-0.25, -0.2) is 0 Å². The summed E-state index contributed by atoms with van der Waals surface area (Å²) in [5.74, 6) is -2.80. The number of carbonyl (C=O) groups excluding carboxylic acids is 2. The van der Waals surface area contributed by atoms with Gasteiger partial charge in [0.2, 0.25) is 5.78 Å². The number of carbonyl (C=O) groups is 2. The zero-order valence-electron chi connectivity index (χ0n) is 14.6. The van der Waals surface area contributed by atoms with Gasteiger partial charge >= 0.3 is 12.4 Å². The summed E-state index contributed by atoms with van der Waals surface area (Å²) in [6, 6.07) is 9.13. The number of ether oxygens (including phenoxy) is 1. The molecule has 0 aromatic heterocycles. The fraction of sp³-hybridized carbons (Fsp3) is 0.263. The lowest BCUT2D eigenvalue weighted by molar-refractivity contribution is -0.153. The number of halogens is 6. The van der Waals surface area contributed by atoms with Gasteiger partial charge in [0.25, 0.3) is 5.91 Å². The third-order valence-corrected chi connectivity index (χ3v) is 4.31. The maximum absolute atomic E-state index is 12.7. The van der Waals surface area contributed by atoms with Crippen LogP contribution < -0.4 is 9.64 Å². The monoisotopic (exact) mass is 417 g/mol. The van der Waals surface area contributed by atoms with E-state index in [1.807, 2.05) is 0 Å². The Balaban J connectivity index is 1.79. The molecule has 0 spiro atoms. The maximum Gasteiger partial charge on any atom is 0.422 e. The highest BCUT2D eigenvalue weighted by atomic mass is 19.4. The van der Waals surface area contributed by atoms with E-state index in [4.69, 9.17) is 0 Å². The van der Waals surface area contributed by atoms with Gasteiger partial charge in [-0.3, -0.25) is 9.59 Å². The van der Waals surface area contributed by atoms with Gasteiger partial charge in [-0.05, 0) is 42.0 Å². The predicted octanol–water partition coefficient (Wildman–Crippen LogP) is 4.35. The summed E-state index contributed by atoms with van der Waals surface area (Å²) >= 11 is 0. The fourth-order valence-corrected chi connectivity index (χ4v) is 2.93. The van der Waals surface area contributed by atoms with Crippen LogP contribution in [0.15, 0.2) is 48.5 Å². The molecule has 1 aliphatic rings. The number of rotatable bonds is 4. The summed E-state index contributed by atoms with van der Waals surface area (Å²) in [6.07, 6.45) is -9.07. The zero-order chi connectivity index (χ0) is 21.4. The second-order valence-electron chi connectivity index (χ2n) is 6.35. The molecular weight excluding hydrogens is 404 g/mol. The topological polar surface area (TPSA) is 46.6 Å². The third kappa shape index (κ3) is 4.69. The van der Waals surface area contributed by atoms with Crippen LogP contribution in [-0.4, -0.2) is 31.0 Å². The van der Waals surface area contributed by atoms with Crippen LogP contribution in [0.1, 0.15) is 17.0 Å². The fourth-order valence-electron chi connectivity index (χ4n) is 2.93. The number of alkyl halides is 6. The lowest BCUT2D eigenvalue weighted by Crippen LogP contribution is -2.26. The Bertz CT molecular complexity index is 921. The van der Waals surface area contributed by atoms with Crippen LogP contribution in [-0.2, 0) is 15.8 Å². The van der Waals surface area contributed by atoms with Gasteiger partial charge in [-0.2, -0.15) is 26.3 Å². The number of benzene rings is 2. The highest BCUT2D eigenvalue weighted by molar-refractivity contribution is 6.45. The maximum atomic E-state index is 12.7. The Labute approximate surface area is 160 Å². The molecule has 1 amide bonds. The largest absolute Gasteiger partial charge is 0.484 e. The van der Waals surface area contributed by atoms with E-state index in [1.54, 1.807) is 0 Å². The van der Waals surface area contributed by atoms with Gasteiger partial charge < -0.3 is 9.64 Å². The smallest absolute Gasteiger partial charge is 0.422 e. The molecule has 154 valence electrons. The van der Waals surface area contributed by atoms with Gasteiger partial charge in [0.15, 0.2) is 6.61 Å². The van der Waals surface area contributed by atoms with Crippen molar-refractivity contribution < 1.29 is 40.7 Å². The molecule has 29 heavy (non-hydrogen) atoms. The molecule has 1 fully saturated rings. The normalized spacial score (nSPS) is 17.7. The molecule has 2 aromatic rings. The van der Waals surface area contributed by atoms with E-state index in [9.17, 15) is 35.9 Å². The molecule has 0 radical (unpaired) electrons. The SMILES string of the molecule is O=C1C(=O)N(c2ccc(C(F)(F)F)cc2)CC1c1cccc(OCC(F)(F)F)c1. The molecule has 1 saturated heterocycles. The average molecular weight is 417 g/mol. The minimum Gasteiger partial charge on any atom is -0.484 e. The van der Waals surface area contributed by atoms with Crippen molar-refractivity contribution in [1.29, 1.82) is 0 Å². The Morgan fingerprint density at radius 3 is 2.21 bits per heavy atom. The second kappa shape index (κ2) is 7.41. The van der Waals surface area contributed by atoms with Gasteiger partial charge in [-0.15, -0.1) is 0 Å². The number of amides is 1. The predicted molar refractivity (Wildman–Crippen MR) is 89.5 cm³/mol. The van der Waals surface area contributed by atoms with Crippen molar-refractivity contribution >= 4 is 17.4 Å². The number of hydrogen-bond acceptors (Lipinski definition) is 3. The van der Waals surface area contributed by atoms with Crippen LogP contribution in [0.5, 0.6) is 5.75 Å². The molecule has 0 saturated carbocycles. The van der Waals surface area contributed by atoms with Crippen molar-refractivity contribution in [2.45, 2.75) is 18.3 Å². The van der Waals surface area contributed by atoms with Gasteiger partial charge in [0.1, 0.15) is 5.75 Å². The molecule has 1 unspecified atom stereocenters. The number of Topliss-reactive ketones (excluding diaryl/α,β-unsaturated/α-hetero) is 1. The summed E-state index contributed by atoms with van der Waals surface area (Å²) in [7, 11) is 0. The van der Waals surface area contributed by atoms with Crippen molar-refractivity contribution in [2.75, 3.05) is 18.1 Å². The van der Waals surface area contributed by atoms with Crippen LogP contribution in [0, 0.1) is 0 Å². The molecule has 1 aliphatic heterocycles. The summed E-state index contributed by atoms with van der Waals surface area (Å²) in [5.41, 5.74) is -0.508. The Morgan fingerprint density at radius 2 is 1.62 bits per heavy atom. The molecule has 10 heteroatoms. The minimum absolute atomic E-state index is 0.114. The van der Waals surface area contributed by atoms with Crippen LogP contribution in [0.2, 0.25) is 0 Å². The average Bonchev–Trinajstić information content (AvgIpc) is 2.94. The van der Waals surface area contributed by atoms with Crippen molar-refractivity contribution in [3.63, 3.8) is 0 Å². The van der Waals surface area contributed by atoms with Crippen molar-refractivity contribution in [3.05, 3.63) is 59.7 Å². The summed E-state index contributed by atoms with van der Waals surface area (Å²) < 4.78 is 79.6. The van der Waals surface area contributed by atoms with Crippen LogP contribution in [0.3, 0.4) is 0 Å². The van der Waals surface area contributed by atoms with Crippen LogP contribution >= 0.6 is 0 Å². The molecule has 0 N–H and O–H groups in total. The standard InChI is InChI=1S/C19H13F6NO3/c20-18(21,22)10-29-14-3-1-2-11(8-14)15-9-26(17(28)16(15)27)13-6-4-12(5-7-13)19(23,24)25/h1-8,15H,9-10H2. The van der Waals surface area contributed by atoms with E-state index in [2.05, 4.69) is 4.74 Å². The molecule has 1 heterocycles. The van der Waals surface area contributed by atoms with E-state index in [0.29, 0.717) is 0 Å². The van der Waals surface area contributed by atoms with Gasteiger partial charge in [-0.1, -0.05) is 12.1 Å². The Hall–Kier alpha value is -3.04. The molecule has 0 aliphatic carbocycles. The first kappa shape index (κ1) is 20.7. The molecule has 1 atom stereocenters. The summed E-state index contributed by atoms with van der Waals surface area (Å²) in [4.78, 5) is 25.7. The highest BCUT2D eigenvalue weighted by Crippen LogP contribution is 2.34. The molecular formula is C19H13F6NO3. The van der Waals surface area contributed by atoms with E-state index in [1.165, 1.54) is 24.3 Å². The first-order valence-electron chi connectivity index (χ1n) is 8.28. The number of nitrogens with zero attached hydrogens (tertiary/aromatic N) is 1. The summed E-state index contributed by atoms with van der Waals surface area (Å²) in [5, 5.41) is 0. The lowest BCUT2D eigenvalue weighted by atomic mass is 9.97. The lowest BCUT2D eigenvalue weighted by Gasteiger charge is -2.17. The van der Waals surface area contributed by atoms with Crippen LogP contribution in [0.4, 0.5) is 32.0 Å². The van der Waals surface area contributed by atoms with Crippen LogP contribution in [0.25, 0.3) is 0 Å². The molecule has 2 aromatic carbocycles. The quantitative estimate of drug-likeness (QED) is 0.549. The highest BCUT2D eigenvalue weighted by Gasteiger charge is 2.41.